The van der Waals surface area contributed by atoms with Gasteiger partial charge in [-0.25, -0.2) is 0 Å². The average Bonchev–Trinajstić information content (AvgIpc) is 3.12. The van der Waals surface area contributed by atoms with Crippen molar-refractivity contribution in [2.45, 2.75) is 76.9 Å². The van der Waals surface area contributed by atoms with Gasteiger partial charge in [0.2, 0.25) is 0 Å². The van der Waals surface area contributed by atoms with E-state index >= 15 is 0 Å². The number of ether oxygens (including phenoxy) is 1. The Morgan fingerprint density at radius 3 is 2.59 bits per heavy atom. The molecule has 5 rings (SSSR count). The molecule has 3 unspecified atom stereocenters. The molecule has 2 aromatic carbocycles. The van der Waals surface area contributed by atoms with Crippen molar-refractivity contribution >= 4 is 0 Å². The molecule has 0 amide bonds. The summed E-state index contributed by atoms with van der Waals surface area (Å²) in [6, 6.07) is 15.3. The number of hydrogen-bond acceptors (Lipinski definition) is 4. The number of fused-ring (bicyclic) bond motifs is 5. The van der Waals surface area contributed by atoms with Gasteiger partial charge in [0, 0.05) is 12.6 Å². The first-order valence-electron chi connectivity index (χ1n) is 13.2. The Bertz CT molecular complexity index is 1000. The number of benzene rings is 2. The average molecular weight is 464 g/mol. The van der Waals surface area contributed by atoms with E-state index in [0.717, 1.165) is 44.4 Å². The van der Waals surface area contributed by atoms with Crippen molar-refractivity contribution < 1.29 is 14.9 Å². The van der Waals surface area contributed by atoms with Gasteiger partial charge in [-0.05, 0) is 123 Å². The second kappa shape index (κ2) is 9.20. The van der Waals surface area contributed by atoms with Gasteiger partial charge in [0.1, 0.15) is 18.1 Å². The minimum absolute atomic E-state index is 0.0170. The Labute approximate surface area is 205 Å². The third-order valence-electron chi connectivity index (χ3n) is 9.57. The molecule has 184 valence electrons. The van der Waals surface area contributed by atoms with Crippen molar-refractivity contribution in [1.82, 2.24) is 4.90 Å². The summed E-state index contributed by atoms with van der Waals surface area (Å²) in [5.74, 6) is 3.26. The van der Waals surface area contributed by atoms with E-state index < -0.39 is 0 Å². The highest BCUT2D eigenvalue weighted by Crippen LogP contribution is 2.65. The van der Waals surface area contributed by atoms with Gasteiger partial charge in [0.05, 0.1) is 6.10 Å². The minimum atomic E-state index is -0.206. The molecular formula is C30H41NO3. The lowest BCUT2D eigenvalue weighted by atomic mass is 9.51. The number of rotatable bonds is 6. The van der Waals surface area contributed by atoms with Crippen LogP contribution in [-0.2, 0) is 6.42 Å². The zero-order chi connectivity index (χ0) is 24.0. The first-order valence-corrected chi connectivity index (χ1v) is 13.2. The molecule has 3 aliphatic rings. The molecule has 0 radical (unpaired) electrons. The van der Waals surface area contributed by atoms with Crippen molar-refractivity contribution in [3.05, 3.63) is 59.2 Å². The zero-order valence-electron chi connectivity index (χ0n) is 21.2. The third-order valence-corrected chi connectivity index (χ3v) is 9.57. The molecule has 34 heavy (non-hydrogen) atoms. The van der Waals surface area contributed by atoms with Gasteiger partial charge in [0.15, 0.2) is 0 Å². The van der Waals surface area contributed by atoms with Crippen LogP contribution in [0.1, 0.15) is 75.0 Å². The maximum atomic E-state index is 11.0. The highest BCUT2D eigenvalue weighted by atomic mass is 16.5. The van der Waals surface area contributed by atoms with Crippen molar-refractivity contribution in [1.29, 1.82) is 0 Å². The van der Waals surface area contributed by atoms with Crippen molar-refractivity contribution in [2.24, 2.45) is 17.3 Å². The zero-order valence-corrected chi connectivity index (χ0v) is 21.2. The van der Waals surface area contributed by atoms with Crippen molar-refractivity contribution in [3.63, 3.8) is 0 Å². The van der Waals surface area contributed by atoms with Gasteiger partial charge >= 0.3 is 0 Å². The van der Waals surface area contributed by atoms with E-state index in [-0.39, 0.29) is 11.5 Å². The molecule has 2 N–H and O–H groups in total. The standard InChI is InChI=1S/C30H41NO3/c1-19(2)31(4)15-16-34-23-9-5-20(6-10-23)26-18-30(3)27(13-14-28(30)33)25-11-7-21-17-22(32)8-12-24(21)29(25)26/h5-6,8-10,12,17,19,25-29,32-33H,7,11,13-16,18H2,1-4H3/t25?,26-,27?,28+,29?,30+/m1/s1. The van der Waals surface area contributed by atoms with Gasteiger partial charge < -0.3 is 19.8 Å². The van der Waals surface area contributed by atoms with Crippen molar-refractivity contribution in [3.8, 4) is 11.5 Å². The fourth-order valence-corrected chi connectivity index (χ4v) is 7.37. The molecule has 3 aliphatic carbocycles. The fourth-order valence-electron chi connectivity index (χ4n) is 7.37. The van der Waals surface area contributed by atoms with Crippen LogP contribution in [0.2, 0.25) is 0 Å². The summed E-state index contributed by atoms with van der Waals surface area (Å²) >= 11 is 0. The number of aliphatic hydroxyl groups is 1. The van der Waals surface area contributed by atoms with Crippen LogP contribution in [-0.4, -0.2) is 47.5 Å². The van der Waals surface area contributed by atoms with Crippen LogP contribution in [0.4, 0.5) is 0 Å². The molecule has 0 heterocycles. The van der Waals surface area contributed by atoms with Crippen LogP contribution in [0, 0.1) is 17.3 Å². The van der Waals surface area contributed by atoms with Gasteiger partial charge in [-0.2, -0.15) is 0 Å². The molecule has 6 atom stereocenters. The van der Waals surface area contributed by atoms with Gasteiger partial charge in [0.25, 0.3) is 0 Å². The highest BCUT2D eigenvalue weighted by molar-refractivity contribution is 5.43. The molecule has 2 aromatic rings. The number of phenols is 1. The van der Waals surface area contributed by atoms with Gasteiger partial charge in [-0.3, -0.25) is 0 Å². The van der Waals surface area contributed by atoms with Crippen LogP contribution in [0.15, 0.2) is 42.5 Å². The number of aromatic hydroxyl groups is 1. The van der Waals surface area contributed by atoms with E-state index in [1.807, 2.05) is 12.1 Å². The summed E-state index contributed by atoms with van der Waals surface area (Å²) in [4.78, 5) is 2.29. The molecule has 4 heteroatoms. The highest BCUT2D eigenvalue weighted by Gasteiger charge is 2.57. The Morgan fingerprint density at radius 2 is 1.85 bits per heavy atom. The second-order valence-electron chi connectivity index (χ2n) is 11.6. The second-order valence-corrected chi connectivity index (χ2v) is 11.6. The number of likely N-dealkylation sites (N-methyl/N-ethyl adjacent to an activating group) is 1. The molecule has 0 saturated heterocycles. The van der Waals surface area contributed by atoms with Crippen LogP contribution in [0.25, 0.3) is 0 Å². The van der Waals surface area contributed by atoms with Crippen molar-refractivity contribution in [2.75, 3.05) is 20.2 Å². The monoisotopic (exact) mass is 463 g/mol. The summed E-state index contributed by atoms with van der Waals surface area (Å²) in [6.45, 7) is 8.33. The predicted octanol–water partition coefficient (Wildman–Crippen LogP) is 5.72. The summed E-state index contributed by atoms with van der Waals surface area (Å²) in [6.07, 6.45) is 5.04. The quantitative estimate of drug-likeness (QED) is 0.575. The van der Waals surface area contributed by atoms with E-state index in [4.69, 9.17) is 4.74 Å². The molecule has 2 fully saturated rings. The van der Waals surface area contributed by atoms with Gasteiger partial charge in [-0.15, -0.1) is 0 Å². The summed E-state index contributed by atoms with van der Waals surface area (Å²) in [7, 11) is 2.13. The first kappa shape index (κ1) is 23.7. The Hall–Kier alpha value is -2.04. The lowest BCUT2D eigenvalue weighted by Crippen LogP contribution is -2.47. The molecule has 0 spiro atoms. The number of hydrogen-bond donors (Lipinski definition) is 2. The Kier molecular flexibility index (Phi) is 6.41. The topological polar surface area (TPSA) is 52.9 Å². The molecule has 0 bridgehead atoms. The molecule has 0 aliphatic heterocycles. The van der Waals surface area contributed by atoms with Crippen LogP contribution in [0.3, 0.4) is 0 Å². The maximum absolute atomic E-state index is 11.0. The van der Waals surface area contributed by atoms with E-state index in [9.17, 15) is 10.2 Å². The lowest BCUT2D eigenvalue weighted by Gasteiger charge is -2.54. The molecule has 0 aromatic heterocycles. The molecular weight excluding hydrogens is 422 g/mol. The lowest BCUT2D eigenvalue weighted by molar-refractivity contribution is -0.0323. The van der Waals surface area contributed by atoms with Crippen LogP contribution < -0.4 is 4.74 Å². The largest absolute Gasteiger partial charge is 0.508 e. The summed E-state index contributed by atoms with van der Waals surface area (Å²) < 4.78 is 6.04. The number of phenolic OH excluding ortho intramolecular Hbond substituents is 1. The van der Waals surface area contributed by atoms with E-state index in [1.165, 1.54) is 16.7 Å². The Balaban J connectivity index is 1.42. The predicted molar refractivity (Wildman–Crippen MR) is 137 cm³/mol. The third kappa shape index (κ3) is 4.13. The number of aryl methyl sites for hydroxylation is 1. The smallest absolute Gasteiger partial charge is 0.119 e. The maximum Gasteiger partial charge on any atom is 0.119 e. The fraction of sp³-hybridized carbons (Fsp3) is 0.600. The SMILES string of the molecule is CC(C)N(C)CCOc1ccc([C@H]2C[C@@]3(C)C(CC[C@@H]3O)C3CCc4cc(O)ccc4C32)cc1. The summed E-state index contributed by atoms with van der Waals surface area (Å²) in [5.41, 5.74) is 4.06. The molecule has 2 saturated carbocycles. The summed E-state index contributed by atoms with van der Waals surface area (Å²) in [5, 5.41) is 21.1. The minimum Gasteiger partial charge on any atom is -0.508 e. The normalized spacial score (nSPS) is 32.4. The van der Waals surface area contributed by atoms with Gasteiger partial charge in [-0.1, -0.05) is 25.1 Å². The first-order chi connectivity index (χ1) is 16.3. The molecule has 4 nitrogen and oxygen atoms in total. The van der Waals surface area contributed by atoms with Crippen LogP contribution in [0.5, 0.6) is 11.5 Å². The number of nitrogens with zero attached hydrogens (tertiary/aromatic N) is 1. The van der Waals surface area contributed by atoms with E-state index in [1.54, 1.807) is 0 Å². The Morgan fingerprint density at radius 1 is 1.09 bits per heavy atom. The van der Waals surface area contributed by atoms with E-state index in [2.05, 4.69) is 63.1 Å². The van der Waals surface area contributed by atoms with Crippen LogP contribution >= 0.6 is 0 Å². The van der Waals surface area contributed by atoms with E-state index in [0.29, 0.717) is 42.1 Å². The number of aliphatic hydroxyl groups excluding tert-OH is 1.